The van der Waals surface area contributed by atoms with Crippen molar-refractivity contribution >= 4 is 17.3 Å². The highest BCUT2D eigenvalue weighted by Crippen LogP contribution is 2.23. The van der Waals surface area contributed by atoms with Gasteiger partial charge in [0.2, 0.25) is 5.95 Å². The number of benzene rings is 1. The van der Waals surface area contributed by atoms with Gasteiger partial charge in [0.15, 0.2) is 5.82 Å². The van der Waals surface area contributed by atoms with Crippen molar-refractivity contribution in [2.24, 2.45) is 0 Å². The van der Waals surface area contributed by atoms with Gasteiger partial charge in [0.1, 0.15) is 0 Å². The molecule has 22 heavy (non-hydrogen) atoms. The number of nitro benzene ring substituents is 1. The number of pyridine rings is 1. The first kappa shape index (κ1) is 15.4. The van der Waals surface area contributed by atoms with Crippen LogP contribution in [0.2, 0.25) is 0 Å². The van der Waals surface area contributed by atoms with Crippen molar-refractivity contribution < 1.29 is 22.9 Å². The lowest BCUT2D eigenvalue weighted by Gasteiger charge is -2.07. The van der Waals surface area contributed by atoms with Crippen molar-refractivity contribution in [3.05, 3.63) is 63.2 Å². The van der Waals surface area contributed by atoms with Gasteiger partial charge in [-0.15, -0.1) is 0 Å². The van der Waals surface area contributed by atoms with E-state index in [0.29, 0.717) is 11.6 Å². The summed E-state index contributed by atoms with van der Waals surface area (Å²) in [7, 11) is 0. The van der Waals surface area contributed by atoms with Gasteiger partial charge in [-0.2, -0.15) is 13.8 Å². The van der Waals surface area contributed by atoms with Gasteiger partial charge in [-0.25, -0.2) is 4.39 Å². The van der Waals surface area contributed by atoms with Gasteiger partial charge >= 0.3 is 0 Å². The molecular formula is C13H8F3N3O3. The average Bonchev–Trinajstić information content (AvgIpc) is 2.44. The van der Waals surface area contributed by atoms with E-state index in [-0.39, 0.29) is 11.4 Å². The molecule has 0 aliphatic heterocycles. The number of rotatable bonds is 3. The van der Waals surface area contributed by atoms with E-state index in [1.807, 2.05) is 0 Å². The summed E-state index contributed by atoms with van der Waals surface area (Å²) in [6.45, 7) is 1.50. The van der Waals surface area contributed by atoms with Crippen molar-refractivity contribution in [2.75, 3.05) is 5.32 Å². The first-order valence-corrected chi connectivity index (χ1v) is 5.87. The number of nitrogens with zero attached hydrogens (tertiary/aromatic N) is 2. The Bertz CT molecular complexity index is 781. The molecule has 0 fully saturated rings. The van der Waals surface area contributed by atoms with Crippen LogP contribution in [0.3, 0.4) is 0 Å². The fourth-order valence-electron chi connectivity index (χ4n) is 1.72. The minimum atomic E-state index is -1.75. The SMILES string of the molecule is Cc1ccc(NC(=O)c2cc(F)nc(F)c2F)cc1[N+](=O)[O-]. The van der Waals surface area contributed by atoms with Gasteiger partial charge in [-0.05, 0) is 13.0 Å². The lowest BCUT2D eigenvalue weighted by atomic mass is 10.1. The summed E-state index contributed by atoms with van der Waals surface area (Å²) in [6, 6.07) is 4.19. The van der Waals surface area contributed by atoms with Gasteiger partial charge in [0.05, 0.1) is 10.5 Å². The topological polar surface area (TPSA) is 85.1 Å². The predicted octanol–water partition coefficient (Wildman–Crippen LogP) is 2.97. The van der Waals surface area contributed by atoms with E-state index in [4.69, 9.17) is 0 Å². The second-order valence-electron chi connectivity index (χ2n) is 4.31. The Morgan fingerprint density at radius 1 is 1.27 bits per heavy atom. The van der Waals surface area contributed by atoms with Crippen LogP contribution in [0.4, 0.5) is 24.5 Å². The van der Waals surface area contributed by atoms with Crippen molar-refractivity contribution in [1.29, 1.82) is 0 Å². The first-order valence-electron chi connectivity index (χ1n) is 5.87. The number of nitrogens with one attached hydrogen (secondary N) is 1. The third-order valence-corrected chi connectivity index (χ3v) is 2.79. The zero-order valence-electron chi connectivity index (χ0n) is 11.1. The molecule has 1 heterocycles. The third kappa shape index (κ3) is 3.03. The minimum absolute atomic E-state index is 0.0145. The average molecular weight is 311 g/mol. The third-order valence-electron chi connectivity index (χ3n) is 2.79. The summed E-state index contributed by atoms with van der Waals surface area (Å²) >= 11 is 0. The van der Waals surface area contributed by atoms with Crippen LogP contribution >= 0.6 is 0 Å². The summed E-state index contributed by atoms with van der Waals surface area (Å²) < 4.78 is 39.3. The molecule has 1 N–H and O–H groups in total. The highest BCUT2D eigenvalue weighted by molar-refractivity contribution is 6.04. The van der Waals surface area contributed by atoms with Crippen LogP contribution in [0, 0.1) is 34.8 Å². The Hall–Kier alpha value is -2.97. The van der Waals surface area contributed by atoms with E-state index in [1.54, 1.807) is 0 Å². The Balaban J connectivity index is 2.34. The molecule has 2 rings (SSSR count). The maximum absolute atomic E-state index is 13.4. The standard InChI is InChI=1S/C13H8F3N3O3/c1-6-2-3-7(4-9(6)19(21)22)17-13(20)8-5-10(14)18-12(16)11(8)15/h2-5H,1H3,(H,17,20). The summed E-state index contributed by atoms with van der Waals surface area (Å²) in [5, 5.41) is 12.9. The number of aryl methyl sites for hydroxylation is 1. The summed E-state index contributed by atoms with van der Waals surface area (Å²) in [6.07, 6.45) is 0. The highest BCUT2D eigenvalue weighted by atomic mass is 19.2. The number of hydrogen-bond donors (Lipinski definition) is 1. The molecule has 0 saturated carbocycles. The van der Waals surface area contributed by atoms with Crippen molar-refractivity contribution in [3.63, 3.8) is 0 Å². The molecule has 0 aliphatic rings. The van der Waals surface area contributed by atoms with Crippen LogP contribution in [0.15, 0.2) is 24.3 Å². The quantitative estimate of drug-likeness (QED) is 0.536. The van der Waals surface area contributed by atoms with E-state index in [9.17, 15) is 28.1 Å². The van der Waals surface area contributed by atoms with Gasteiger partial charge < -0.3 is 5.32 Å². The Labute approximate surface area is 121 Å². The molecule has 1 amide bonds. The fourth-order valence-corrected chi connectivity index (χ4v) is 1.72. The molecule has 0 saturated heterocycles. The van der Waals surface area contributed by atoms with E-state index < -0.39 is 34.1 Å². The van der Waals surface area contributed by atoms with Crippen LogP contribution < -0.4 is 5.32 Å². The maximum Gasteiger partial charge on any atom is 0.274 e. The fraction of sp³-hybridized carbons (Fsp3) is 0.0769. The smallest absolute Gasteiger partial charge is 0.274 e. The number of amides is 1. The summed E-state index contributed by atoms with van der Waals surface area (Å²) in [5.74, 6) is -5.88. The predicted molar refractivity (Wildman–Crippen MR) is 69.9 cm³/mol. The van der Waals surface area contributed by atoms with Gasteiger partial charge in [0.25, 0.3) is 17.5 Å². The van der Waals surface area contributed by atoms with Crippen LogP contribution in [0.5, 0.6) is 0 Å². The normalized spacial score (nSPS) is 10.4. The second kappa shape index (κ2) is 5.80. The van der Waals surface area contributed by atoms with E-state index in [1.165, 1.54) is 19.1 Å². The lowest BCUT2D eigenvalue weighted by Crippen LogP contribution is -2.16. The maximum atomic E-state index is 13.4. The van der Waals surface area contributed by atoms with E-state index in [0.717, 1.165) is 6.07 Å². The zero-order chi connectivity index (χ0) is 16.4. The number of aromatic nitrogens is 1. The minimum Gasteiger partial charge on any atom is -0.322 e. The molecule has 1 aromatic heterocycles. The van der Waals surface area contributed by atoms with E-state index in [2.05, 4.69) is 10.3 Å². The number of halogens is 3. The number of hydrogen-bond acceptors (Lipinski definition) is 4. The molecule has 114 valence electrons. The van der Waals surface area contributed by atoms with Crippen LogP contribution in [0.25, 0.3) is 0 Å². The van der Waals surface area contributed by atoms with Gasteiger partial charge in [-0.3, -0.25) is 14.9 Å². The van der Waals surface area contributed by atoms with Crippen molar-refractivity contribution in [2.45, 2.75) is 6.92 Å². The molecule has 0 bridgehead atoms. The van der Waals surface area contributed by atoms with Crippen molar-refractivity contribution in [3.8, 4) is 0 Å². The lowest BCUT2D eigenvalue weighted by molar-refractivity contribution is -0.385. The van der Waals surface area contributed by atoms with Crippen LogP contribution in [-0.2, 0) is 0 Å². The molecule has 1 aromatic carbocycles. The Kier molecular flexibility index (Phi) is 4.06. The first-order chi connectivity index (χ1) is 10.3. The summed E-state index contributed by atoms with van der Waals surface area (Å²) in [4.78, 5) is 24.6. The molecule has 0 spiro atoms. The Morgan fingerprint density at radius 3 is 2.59 bits per heavy atom. The highest BCUT2D eigenvalue weighted by Gasteiger charge is 2.20. The zero-order valence-corrected chi connectivity index (χ0v) is 11.1. The van der Waals surface area contributed by atoms with Gasteiger partial charge in [-0.1, -0.05) is 6.07 Å². The van der Waals surface area contributed by atoms with E-state index >= 15 is 0 Å². The van der Waals surface area contributed by atoms with Crippen LogP contribution in [-0.4, -0.2) is 15.8 Å². The molecule has 0 radical (unpaired) electrons. The number of carbonyl (C=O) groups is 1. The van der Waals surface area contributed by atoms with Crippen molar-refractivity contribution in [1.82, 2.24) is 4.98 Å². The molecular weight excluding hydrogens is 303 g/mol. The van der Waals surface area contributed by atoms with Crippen LogP contribution in [0.1, 0.15) is 15.9 Å². The monoisotopic (exact) mass is 311 g/mol. The Morgan fingerprint density at radius 2 is 1.95 bits per heavy atom. The second-order valence-corrected chi connectivity index (χ2v) is 4.31. The number of carbonyl (C=O) groups excluding carboxylic acids is 1. The largest absolute Gasteiger partial charge is 0.322 e. The molecule has 2 aromatic rings. The molecule has 9 heteroatoms. The van der Waals surface area contributed by atoms with Gasteiger partial charge in [0, 0.05) is 23.4 Å². The molecule has 6 nitrogen and oxygen atoms in total. The molecule has 0 unspecified atom stereocenters. The summed E-state index contributed by atoms with van der Waals surface area (Å²) in [5.41, 5.74) is -0.812. The molecule has 0 aliphatic carbocycles. The number of nitro groups is 1. The number of anilines is 1. The molecule has 0 atom stereocenters.